The Labute approximate surface area is 111 Å². The molecule has 2 atom stereocenters. The van der Waals surface area contributed by atoms with Crippen molar-refractivity contribution in [1.82, 2.24) is 16.0 Å². The monoisotopic (exact) mass is 265 g/mol. The molecule has 0 aliphatic carbocycles. The number of nitrogens with one attached hydrogen (secondary N) is 3. The lowest BCUT2D eigenvalue weighted by Gasteiger charge is -2.24. The van der Waals surface area contributed by atoms with Crippen molar-refractivity contribution in [1.29, 1.82) is 0 Å². The molecule has 1 aromatic heterocycles. The molecule has 6 nitrogen and oxygen atoms in total. The highest BCUT2D eigenvalue weighted by Gasteiger charge is 2.25. The van der Waals surface area contributed by atoms with E-state index >= 15 is 0 Å². The molecule has 104 valence electrons. The molecule has 3 N–H and O–H groups in total. The second-order valence-electron chi connectivity index (χ2n) is 4.84. The van der Waals surface area contributed by atoms with Gasteiger partial charge in [0.05, 0.1) is 12.6 Å². The number of rotatable bonds is 3. The highest BCUT2D eigenvalue weighted by molar-refractivity contribution is 5.86. The Kier molecular flexibility index (Phi) is 3.90. The van der Waals surface area contributed by atoms with Gasteiger partial charge in [-0.25, -0.2) is 0 Å². The van der Waals surface area contributed by atoms with Crippen molar-refractivity contribution in [3.63, 3.8) is 0 Å². The first-order valence-electron chi connectivity index (χ1n) is 6.34. The lowest BCUT2D eigenvalue weighted by molar-refractivity contribution is -0.127. The highest BCUT2D eigenvalue weighted by atomic mass is 16.3. The molecule has 2 rings (SSSR count). The molecule has 1 aromatic rings. The molecule has 1 aliphatic heterocycles. The van der Waals surface area contributed by atoms with Crippen LogP contribution in [0.5, 0.6) is 0 Å². The third-order valence-corrected chi connectivity index (χ3v) is 3.23. The first-order chi connectivity index (χ1) is 8.97. The van der Waals surface area contributed by atoms with Crippen molar-refractivity contribution >= 4 is 11.8 Å². The van der Waals surface area contributed by atoms with Gasteiger partial charge in [0, 0.05) is 12.1 Å². The number of hydrogen-bond donors (Lipinski definition) is 3. The average Bonchev–Trinajstić information content (AvgIpc) is 2.69. The summed E-state index contributed by atoms with van der Waals surface area (Å²) in [5.41, 5.74) is 0.977. The Morgan fingerprint density at radius 3 is 2.79 bits per heavy atom. The second-order valence-corrected chi connectivity index (χ2v) is 4.84. The molecule has 0 spiro atoms. The van der Waals surface area contributed by atoms with E-state index in [1.165, 1.54) is 0 Å². The van der Waals surface area contributed by atoms with Gasteiger partial charge in [-0.2, -0.15) is 0 Å². The summed E-state index contributed by atoms with van der Waals surface area (Å²) in [5.74, 6) is 1.44. The quantitative estimate of drug-likeness (QED) is 0.727. The minimum absolute atomic E-state index is 0.0848. The fourth-order valence-electron chi connectivity index (χ4n) is 2.22. The second kappa shape index (κ2) is 5.44. The maximum atomic E-state index is 12.1. The maximum absolute atomic E-state index is 12.1. The molecule has 2 unspecified atom stereocenters. The Hall–Kier alpha value is -1.82. The smallest absolute Gasteiger partial charge is 0.239 e. The van der Waals surface area contributed by atoms with Crippen LogP contribution in [-0.4, -0.2) is 30.9 Å². The predicted molar refractivity (Wildman–Crippen MR) is 69.5 cm³/mol. The molecule has 1 fully saturated rings. The van der Waals surface area contributed by atoms with Crippen molar-refractivity contribution < 1.29 is 14.0 Å². The first-order valence-corrected chi connectivity index (χ1v) is 6.34. The van der Waals surface area contributed by atoms with Crippen molar-refractivity contribution in [3.8, 4) is 0 Å². The minimum Gasteiger partial charge on any atom is -0.466 e. The Bertz CT molecular complexity index is 485. The van der Waals surface area contributed by atoms with Gasteiger partial charge in [0.2, 0.25) is 11.8 Å². The molecular formula is C13H19N3O3. The Morgan fingerprint density at radius 1 is 1.53 bits per heavy atom. The van der Waals surface area contributed by atoms with Crippen LogP contribution >= 0.6 is 0 Å². The van der Waals surface area contributed by atoms with Gasteiger partial charge in [-0.05, 0) is 26.8 Å². The Morgan fingerprint density at radius 2 is 2.26 bits per heavy atom. The van der Waals surface area contributed by atoms with Crippen LogP contribution in [-0.2, 0) is 9.59 Å². The number of hydrogen-bond acceptors (Lipinski definition) is 4. The lowest BCUT2D eigenvalue weighted by atomic mass is 10.1. The van der Waals surface area contributed by atoms with E-state index in [4.69, 9.17) is 4.42 Å². The van der Waals surface area contributed by atoms with Gasteiger partial charge in [0.15, 0.2) is 0 Å². The topological polar surface area (TPSA) is 83.4 Å². The largest absolute Gasteiger partial charge is 0.466 e. The summed E-state index contributed by atoms with van der Waals surface area (Å²) in [4.78, 5) is 23.1. The van der Waals surface area contributed by atoms with Crippen LogP contribution in [0.4, 0.5) is 0 Å². The van der Waals surface area contributed by atoms with Crippen LogP contribution in [0.2, 0.25) is 0 Å². The summed E-state index contributed by atoms with van der Waals surface area (Å²) in [7, 11) is 0. The van der Waals surface area contributed by atoms with Gasteiger partial charge in [0.25, 0.3) is 0 Å². The minimum atomic E-state index is -0.381. The number of carbonyl (C=O) groups is 2. The maximum Gasteiger partial charge on any atom is 0.239 e. The van der Waals surface area contributed by atoms with Gasteiger partial charge in [0.1, 0.15) is 17.6 Å². The van der Waals surface area contributed by atoms with E-state index in [2.05, 4.69) is 16.0 Å². The number of piperazine rings is 1. The van der Waals surface area contributed by atoms with Gasteiger partial charge < -0.3 is 15.1 Å². The fraction of sp³-hybridized carbons (Fsp3) is 0.538. The van der Waals surface area contributed by atoms with E-state index in [0.29, 0.717) is 6.54 Å². The fourth-order valence-corrected chi connectivity index (χ4v) is 2.22. The van der Waals surface area contributed by atoms with E-state index < -0.39 is 0 Å². The van der Waals surface area contributed by atoms with Crippen molar-refractivity contribution in [3.05, 3.63) is 23.2 Å². The van der Waals surface area contributed by atoms with Crippen molar-refractivity contribution in [2.75, 3.05) is 13.1 Å². The molecule has 0 aromatic carbocycles. The van der Waals surface area contributed by atoms with Crippen LogP contribution in [0.1, 0.15) is 30.0 Å². The van der Waals surface area contributed by atoms with Gasteiger partial charge >= 0.3 is 0 Å². The summed E-state index contributed by atoms with van der Waals surface area (Å²) in [6.07, 6.45) is 0. The lowest BCUT2D eigenvalue weighted by Crippen LogP contribution is -2.58. The molecular weight excluding hydrogens is 246 g/mol. The molecule has 2 amide bonds. The van der Waals surface area contributed by atoms with Crippen LogP contribution in [0, 0.1) is 13.8 Å². The average molecular weight is 265 g/mol. The molecule has 1 aliphatic rings. The number of carbonyl (C=O) groups excluding carboxylic acids is 2. The zero-order valence-corrected chi connectivity index (χ0v) is 11.4. The summed E-state index contributed by atoms with van der Waals surface area (Å²) in [5, 5.41) is 8.48. The third kappa shape index (κ3) is 3.14. The summed E-state index contributed by atoms with van der Waals surface area (Å²) in [6.45, 7) is 6.17. The molecule has 0 bridgehead atoms. The van der Waals surface area contributed by atoms with Gasteiger partial charge in [-0.15, -0.1) is 0 Å². The normalized spacial score (nSPS) is 20.8. The van der Waals surface area contributed by atoms with Gasteiger partial charge in [-0.3, -0.25) is 14.9 Å². The van der Waals surface area contributed by atoms with Crippen LogP contribution in [0.3, 0.4) is 0 Å². The zero-order valence-electron chi connectivity index (χ0n) is 11.4. The molecule has 6 heteroatoms. The molecule has 0 saturated carbocycles. The van der Waals surface area contributed by atoms with Crippen LogP contribution in [0.15, 0.2) is 10.5 Å². The number of aryl methyl sites for hydroxylation is 2. The van der Waals surface area contributed by atoms with E-state index in [1.54, 1.807) is 0 Å². The molecule has 0 radical (unpaired) electrons. The highest BCUT2D eigenvalue weighted by Crippen LogP contribution is 2.21. The predicted octanol–water partition coefficient (Wildman–Crippen LogP) is 0.162. The van der Waals surface area contributed by atoms with Gasteiger partial charge in [-0.1, -0.05) is 0 Å². The standard InChI is InChI=1S/C13H19N3O3/c1-7-4-10(9(3)19-7)8(2)16-13(18)11-5-15-12(17)6-14-11/h4,8,11,14H,5-6H2,1-3H3,(H,15,17)(H,16,18). The summed E-state index contributed by atoms with van der Waals surface area (Å²) < 4.78 is 5.45. The number of furan rings is 1. The van der Waals surface area contributed by atoms with Crippen molar-refractivity contribution in [2.45, 2.75) is 32.9 Å². The van der Waals surface area contributed by atoms with Crippen molar-refractivity contribution in [2.24, 2.45) is 0 Å². The third-order valence-electron chi connectivity index (χ3n) is 3.23. The van der Waals surface area contributed by atoms with E-state index in [1.807, 2.05) is 26.8 Å². The number of amides is 2. The van der Waals surface area contributed by atoms with E-state index in [0.717, 1.165) is 17.1 Å². The van der Waals surface area contributed by atoms with Crippen LogP contribution in [0.25, 0.3) is 0 Å². The van der Waals surface area contributed by atoms with E-state index in [-0.39, 0.29) is 30.4 Å². The summed E-state index contributed by atoms with van der Waals surface area (Å²) >= 11 is 0. The van der Waals surface area contributed by atoms with E-state index in [9.17, 15) is 9.59 Å². The molecule has 2 heterocycles. The summed E-state index contributed by atoms with van der Waals surface area (Å²) in [6, 6.07) is 1.42. The van der Waals surface area contributed by atoms with Crippen LogP contribution < -0.4 is 16.0 Å². The molecule has 1 saturated heterocycles. The Balaban J connectivity index is 1.95. The zero-order chi connectivity index (χ0) is 14.0. The SMILES string of the molecule is Cc1cc(C(C)NC(=O)C2CNC(=O)CN2)c(C)o1. The first kappa shape index (κ1) is 13.6. The molecule has 19 heavy (non-hydrogen) atoms.